The Balaban J connectivity index is 1.46. The quantitative estimate of drug-likeness (QED) is 0.760. The summed E-state index contributed by atoms with van der Waals surface area (Å²) in [6.07, 6.45) is 6.63. The summed E-state index contributed by atoms with van der Waals surface area (Å²) in [4.78, 5) is 7.40. The third kappa shape index (κ3) is 3.96. The highest BCUT2D eigenvalue weighted by molar-refractivity contribution is 4.95. The van der Waals surface area contributed by atoms with Crippen LogP contribution in [0.1, 0.15) is 59.3 Å². The lowest BCUT2D eigenvalue weighted by Gasteiger charge is -2.49. The molecule has 2 saturated heterocycles. The standard InChI is InChI=1S/C20H38FN3/c1-5-16-12-18(13-16)24-11-8-20(19(21)14-24)22(4)17-6-9-23(10-7-17)15(2)3/h15-20H,5-14H2,1-4H3/t16?,18?,19-,20+/m1/s1. The number of rotatable bonds is 5. The van der Waals surface area contributed by atoms with E-state index in [1.54, 1.807) is 0 Å². The third-order valence-corrected chi connectivity index (χ3v) is 7.17. The van der Waals surface area contributed by atoms with Gasteiger partial charge in [-0.3, -0.25) is 9.80 Å². The van der Waals surface area contributed by atoms with Gasteiger partial charge in [0, 0.05) is 37.3 Å². The van der Waals surface area contributed by atoms with Gasteiger partial charge in [0.15, 0.2) is 0 Å². The smallest absolute Gasteiger partial charge is 0.128 e. The molecule has 2 heterocycles. The molecule has 0 bridgehead atoms. The molecule has 24 heavy (non-hydrogen) atoms. The predicted molar refractivity (Wildman–Crippen MR) is 99.2 cm³/mol. The van der Waals surface area contributed by atoms with Crippen LogP contribution >= 0.6 is 0 Å². The van der Waals surface area contributed by atoms with Crippen LogP contribution < -0.4 is 0 Å². The van der Waals surface area contributed by atoms with Gasteiger partial charge in [-0.1, -0.05) is 13.3 Å². The van der Waals surface area contributed by atoms with Crippen LogP contribution in [0, 0.1) is 5.92 Å². The van der Waals surface area contributed by atoms with Crippen molar-refractivity contribution < 1.29 is 4.39 Å². The van der Waals surface area contributed by atoms with E-state index in [1.165, 1.54) is 45.2 Å². The Labute approximate surface area is 148 Å². The summed E-state index contributed by atoms with van der Waals surface area (Å²) < 4.78 is 14.9. The van der Waals surface area contributed by atoms with Crippen molar-refractivity contribution in [2.45, 2.75) is 89.6 Å². The summed E-state index contributed by atoms with van der Waals surface area (Å²) in [6, 6.07) is 2.03. The molecular formula is C20H38FN3. The number of halogens is 1. The van der Waals surface area contributed by atoms with Crippen molar-refractivity contribution in [3.63, 3.8) is 0 Å². The van der Waals surface area contributed by atoms with E-state index in [-0.39, 0.29) is 6.04 Å². The van der Waals surface area contributed by atoms with E-state index in [0.29, 0.717) is 24.7 Å². The molecule has 3 aliphatic rings. The second-order valence-electron chi connectivity index (χ2n) is 8.79. The van der Waals surface area contributed by atoms with Crippen molar-refractivity contribution in [3.8, 4) is 0 Å². The Hall–Kier alpha value is -0.190. The summed E-state index contributed by atoms with van der Waals surface area (Å²) in [5, 5.41) is 0. The Morgan fingerprint density at radius 1 is 1.08 bits per heavy atom. The van der Waals surface area contributed by atoms with Crippen LogP contribution in [0.2, 0.25) is 0 Å². The zero-order valence-electron chi connectivity index (χ0n) is 16.3. The molecule has 0 spiro atoms. The lowest BCUT2D eigenvalue weighted by molar-refractivity contribution is -0.0263. The van der Waals surface area contributed by atoms with Crippen LogP contribution in [0.3, 0.4) is 0 Å². The monoisotopic (exact) mass is 339 g/mol. The first-order valence-electron chi connectivity index (χ1n) is 10.3. The van der Waals surface area contributed by atoms with Crippen LogP contribution in [-0.2, 0) is 0 Å². The largest absolute Gasteiger partial charge is 0.301 e. The molecule has 2 atom stereocenters. The van der Waals surface area contributed by atoms with Crippen LogP contribution in [0.25, 0.3) is 0 Å². The van der Waals surface area contributed by atoms with Gasteiger partial charge in [-0.2, -0.15) is 0 Å². The van der Waals surface area contributed by atoms with E-state index in [2.05, 4.69) is 42.5 Å². The summed E-state index contributed by atoms with van der Waals surface area (Å²) in [7, 11) is 2.18. The molecule has 3 fully saturated rings. The number of alkyl halides is 1. The molecule has 0 N–H and O–H groups in total. The van der Waals surface area contributed by atoms with Crippen molar-refractivity contribution in [2.24, 2.45) is 5.92 Å². The first kappa shape index (κ1) is 18.6. The average molecular weight is 340 g/mol. The van der Waals surface area contributed by atoms with Gasteiger partial charge < -0.3 is 4.90 Å². The predicted octanol–water partition coefficient (Wildman–Crippen LogP) is 3.39. The van der Waals surface area contributed by atoms with E-state index < -0.39 is 6.17 Å². The first-order valence-corrected chi connectivity index (χ1v) is 10.3. The second kappa shape index (κ2) is 8.01. The molecule has 0 unspecified atom stereocenters. The van der Waals surface area contributed by atoms with E-state index in [1.807, 2.05) is 0 Å². The number of likely N-dealkylation sites (tertiary alicyclic amines) is 2. The van der Waals surface area contributed by atoms with E-state index in [9.17, 15) is 4.39 Å². The molecule has 0 aromatic carbocycles. The highest BCUT2D eigenvalue weighted by atomic mass is 19.1. The Bertz CT molecular complexity index is 388. The van der Waals surface area contributed by atoms with Gasteiger partial charge >= 0.3 is 0 Å². The highest BCUT2D eigenvalue weighted by Crippen LogP contribution is 2.36. The van der Waals surface area contributed by atoms with E-state index in [4.69, 9.17) is 0 Å². The molecule has 0 aromatic rings. The van der Waals surface area contributed by atoms with Gasteiger partial charge in [-0.25, -0.2) is 4.39 Å². The maximum absolute atomic E-state index is 14.9. The fourth-order valence-electron chi connectivity index (χ4n) is 5.12. The number of piperidine rings is 2. The summed E-state index contributed by atoms with van der Waals surface area (Å²) in [6.45, 7) is 10.9. The highest BCUT2D eigenvalue weighted by Gasteiger charge is 2.40. The van der Waals surface area contributed by atoms with Gasteiger partial charge in [0.05, 0.1) is 0 Å². The van der Waals surface area contributed by atoms with Gasteiger partial charge in [0.1, 0.15) is 6.17 Å². The van der Waals surface area contributed by atoms with Crippen LogP contribution in [0.5, 0.6) is 0 Å². The van der Waals surface area contributed by atoms with Gasteiger partial charge in [-0.05, 0) is 72.0 Å². The molecule has 1 aliphatic carbocycles. The molecule has 3 rings (SSSR count). The minimum Gasteiger partial charge on any atom is -0.301 e. The zero-order chi connectivity index (χ0) is 17.3. The molecule has 3 nitrogen and oxygen atoms in total. The van der Waals surface area contributed by atoms with E-state index in [0.717, 1.165) is 18.9 Å². The minimum atomic E-state index is -0.674. The number of nitrogens with zero attached hydrogens (tertiary/aromatic N) is 3. The number of hydrogen-bond donors (Lipinski definition) is 0. The van der Waals surface area contributed by atoms with Crippen LogP contribution in [0.15, 0.2) is 0 Å². The molecule has 0 radical (unpaired) electrons. The molecular weight excluding hydrogens is 301 g/mol. The third-order valence-electron chi connectivity index (χ3n) is 7.17. The number of hydrogen-bond acceptors (Lipinski definition) is 3. The van der Waals surface area contributed by atoms with E-state index >= 15 is 0 Å². The van der Waals surface area contributed by atoms with Gasteiger partial charge in [0.25, 0.3) is 0 Å². The fourth-order valence-corrected chi connectivity index (χ4v) is 5.12. The molecule has 2 aliphatic heterocycles. The fraction of sp³-hybridized carbons (Fsp3) is 1.00. The molecule has 4 heteroatoms. The minimum absolute atomic E-state index is 0.138. The maximum Gasteiger partial charge on any atom is 0.128 e. The maximum atomic E-state index is 14.9. The van der Waals surface area contributed by atoms with Crippen LogP contribution in [-0.4, -0.2) is 78.3 Å². The molecule has 0 amide bonds. The second-order valence-corrected chi connectivity index (χ2v) is 8.79. The topological polar surface area (TPSA) is 9.72 Å². The lowest BCUT2D eigenvalue weighted by atomic mass is 9.77. The average Bonchev–Trinajstić information content (AvgIpc) is 2.53. The van der Waals surface area contributed by atoms with Crippen LogP contribution in [0.4, 0.5) is 4.39 Å². The molecule has 140 valence electrons. The Morgan fingerprint density at radius 2 is 1.75 bits per heavy atom. The summed E-state index contributed by atoms with van der Waals surface area (Å²) >= 11 is 0. The summed E-state index contributed by atoms with van der Waals surface area (Å²) in [5.41, 5.74) is 0. The SMILES string of the molecule is CCC1CC(N2CC[C@H](N(C)C3CCN(C(C)C)CC3)[C@H](F)C2)C1. The zero-order valence-corrected chi connectivity index (χ0v) is 16.3. The van der Waals surface area contributed by atoms with Crippen molar-refractivity contribution in [3.05, 3.63) is 0 Å². The summed E-state index contributed by atoms with van der Waals surface area (Å²) in [5.74, 6) is 0.902. The lowest BCUT2D eigenvalue weighted by Crippen LogP contribution is -2.59. The van der Waals surface area contributed by atoms with Gasteiger partial charge in [0.2, 0.25) is 0 Å². The van der Waals surface area contributed by atoms with Crippen molar-refractivity contribution >= 4 is 0 Å². The van der Waals surface area contributed by atoms with Crippen molar-refractivity contribution in [2.75, 3.05) is 33.2 Å². The normalized spacial score (nSPS) is 37.1. The Kier molecular flexibility index (Phi) is 6.20. The first-order chi connectivity index (χ1) is 11.5. The van der Waals surface area contributed by atoms with Crippen molar-refractivity contribution in [1.82, 2.24) is 14.7 Å². The molecule has 1 saturated carbocycles. The Morgan fingerprint density at radius 3 is 2.29 bits per heavy atom. The molecule has 0 aromatic heterocycles. The van der Waals surface area contributed by atoms with Crippen molar-refractivity contribution in [1.29, 1.82) is 0 Å². The van der Waals surface area contributed by atoms with Gasteiger partial charge in [-0.15, -0.1) is 0 Å².